The minimum atomic E-state index is -1.14. The van der Waals surface area contributed by atoms with E-state index in [1.807, 2.05) is 51.1 Å². The van der Waals surface area contributed by atoms with E-state index in [4.69, 9.17) is 0 Å². The van der Waals surface area contributed by atoms with E-state index in [0.29, 0.717) is 22.8 Å². The molecule has 4 rings (SSSR count). The number of hydrogen-bond donors (Lipinski definition) is 3. The number of rotatable bonds is 4. The van der Waals surface area contributed by atoms with Crippen molar-refractivity contribution in [1.29, 1.82) is 0 Å². The van der Waals surface area contributed by atoms with Crippen LogP contribution in [0.25, 0.3) is 16.5 Å². The number of carbonyl (C=O) groups excluding carboxylic acids is 1. The number of anilines is 2. The quantitative estimate of drug-likeness (QED) is 0.371. The average Bonchev–Trinajstić information content (AvgIpc) is 3.20. The summed E-state index contributed by atoms with van der Waals surface area (Å²) in [5.74, 6) is -1.85. The fraction of sp³-hybridized carbons (Fsp3) is 0.200. The summed E-state index contributed by atoms with van der Waals surface area (Å²) in [7, 11) is 0. The van der Waals surface area contributed by atoms with E-state index in [0.717, 1.165) is 16.8 Å². The van der Waals surface area contributed by atoms with Gasteiger partial charge in [-0.3, -0.25) is 5.32 Å². The highest BCUT2D eigenvalue weighted by Gasteiger charge is 2.22. The molecule has 0 spiro atoms. The van der Waals surface area contributed by atoms with Crippen LogP contribution in [-0.4, -0.2) is 20.9 Å². The predicted molar refractivity (Wildman–Crippen MR) is 125 cm³/mol. The summed E-state index contributed by atoms with van der Waals surface area (Å²) in [6.07, 6.45) is 0. The van der Waals surface area contributed by atoms with Crippen LogP contribution < -0.4 is 10.6 Å². The fourth-order valence-electron chi connectivity index (χ4n) is 3.53. The zero-order valence-corrected chi connectivity index (χ0v) is 18.5. The molecule has 0 aliphatic rings. The van der Waals surface area contributed by atoms with Gasteiger partial charge in [-0.15, -0.1) is 0 Å². The lowest BCUT2D eigenvalue weighted by Crippen LogP contribution is -2.22. The maximum atomic E-state index is 14.0. The first-order valence-electron chi connectivity index (χ1n) is 10.4. The molecule has 3 N–H and O–H groups in total. The molecule has 0 saturated carbocycles. The number of nitrogens with zero attached hydrogens (tertiary/aromatic N) is 2. The monoisotopic (exact) mass is 450 g/mol. The molecule has 0 aliphatic heterocycles. The molecule has 0 unspecified atom stereocenters. The van der Waals surface area contributed by atoms with Crippen molar-refractivity contribution in [3.05, 3.63) is 83.6 Å². The molecule has 0 bridgehead atoms. The van der Waals surface area contributed by atoms with E-state index in [-0.39, 0.29) is 17.7 Å². The topological polar surface area (TPSA) is 79.2 Å². The molecule has 0 atom stereocenters. The van der Waals surface area contributed by atoms with Gasteiger partial charge in [-0.1, -0.05) is 51.1 Å². The number of aliphatic hydroxyl groups is 1. The van der Waals surface area contributed by atoms with E-state index in [2.05, 4.69) is 15.7 Å². The number of aromatic nitrogens is 2. The van der Waals surface area contributed by atoms with Gasteiger partial charge in [0.05, 0.1) is 23.7 Å². The van der Waals surface area contributed by atoms with E-state index in [9.17, 15) is 18.7 Å². The molecule has 0 fully saturated rings. The molecule has 6 nitrogen and oxygen atoms in total. The van der Waals surface area contributed by atoms with E-state index >= 15 is 0 Å². The number of urea groups is 1. The number of benzene rings is 3. The van der Waals surface area contributed by atoms with Gasteiger partial charge in [0, 0.05) is 11.5 Å². The Labute approximate surface area is 189 Å². The highest BCUT2D eigenvalue weighted by atomic mass is 19.2. The summed E-state index contributed by atoms with van der Waals surface area (Å²) in [6, 6.07) is 15.9. The Hall–Kier alpha value is -3.78. The van der Waals surface area contributed by atoms with Gasteiger partial charge < -0.3 is 10.4 Å². The summed E-state index contributed by atoms with van der Waals surface area (Å²) in [4.78, 5) is 12.6. The average molecular weight is 450 g/mol. The second-order valence-electron chi connectivity index (χ2n) is 8.74. The van der Waals surface area contributed by atoms with Gasteiger partial charge in [0.1, 0.15) is 5.82 Å². The SMILES string of the molecule is CC(C)(C)c1cc(NC(=O)Nc2cccc(F)c2F)n(-c2cc(CO)c3ccccc3c2)n1. The lowest BCUT2D eigenvalue weighted by atomic mass is 9.92. The Morgan fingerprint density at radius 3 is 2.52 bits per heavy atom. The standard InChI is InChI=1S/C25H24F2N4O2/c1-25(2,3)21-13-22(29-24(33)28-20-10-6-9-19(26)23(20)27)31(30-21)17-11-15-7-4-5-8-18(15)16(12-17)14-32/h4-13,32H,14H2,1-3H3,(H2,28,29,33). The van der Waals surface area contributed by atoms with Crippen molar-refractivity contribution in [3.8, 4) is 5.69 Å². The van der Waals surface area contributed by atoms with Gasteiger partial charge in [-0.25, -0.2) is 18.3 Å². The summed E-state index contributed by atoms with van der Waals surface area (Å²) in [6.45, 7) is 5.81. The van der Waals surface area contributed by atoms with Gasteiger partial charge in [0.2, 0.25) is 0 Å². The van der Waals surface area contributed by atoms with Gasteiger partial charge in [-0.05, 0) is 40.6 Å². The highest BCUT2D eigenvalue weighted by Crippen LogP contribution is 2.29. The minimum Gasteiger partial charge on any atom is -0.392 e. The molecule has 2 amide bonds. The van der Waals surface area contributed by atoms with Crippen molar-refractivity contribution in [1.82, 2.24) is 9.78 Å². The number of aliphatic hydroxyl groups excluding tert-OH is 1. The molecule has 0 aliphatic carbocycles. The largest absolute Gasteiger partial charge is 0.392 e. The number of hydrogen-bond acceptors (Lipinski definition) is 3. The molecule has 4 aromatic rings. The molecular formula is C25H24F2N4O2. The number of amides is 2. The first-order chi connectivity index (χ1) is 15.7. The molecule has 1 heterocycles. The Balaban J connectivity index is 1.75. The summed E-state index contributed by atoms with van der Waals surface area (Å²) < 4.78 is 29.0. The molecular weight excluding hydrogens is 426 g/mol. The van der Waals surface area contributed by atoms with Gasteiger partial charge in [0.15, 0.2) is 11.6 Å². The van der Waals surface area contributed by atoms with E-state index < -0.39 is 17.7 Å². The third-order valence-electron chi connectivity index (χ3n) is 5.27. The maximum absolute atomic E-state index is 14.0. The van der Waals surface area contributed by atoms with Crippen LogP contribution in [0.15, 0.2) is 60.7 Å². The van der Waals surface area contributed by atoms with Crippen LogP contribution in [0, 0.1) is 11.6 Å². The molecule has 170 valence electrons. The van der Waals surface area contributed by atoms with Gasteiger partial charge in [-0.2, -0.15) is 5.10 Å². The molecule has 8 heteroatoms. The maximum Gasteiger partial charge on any atom is 0.324 e. The zero-order chi connectivity index (χ0) is 23.8. The van der Waals surface area contributed by atoms with Crippen LogP contribution in [-0.2, 0) is 12.0 Å². The fourth-order valence-corrected chi connectivity index (χ4v) is 3.53. The Morgan fingerprint density at radius 1 is 1.03 bits per heavy atom. The van der Waals surface area contributed by atoms with Crippen LogP contribution in [0.5, 0.6) is 0 Å². The van der Waals surface area contributed by atoms with Crippen molar-refractivity contribution in [2.45, 2.75) is 32.8 Å². The van der Waals surface area contributed by atoms with E-state index in [1.54, 1.807) is 16.8 Å². The normalized spacial score (nSPS) is 11.6. The van der Waals surface area contributed by atoms with Crippen LogP contribution >= 0.6 is 0 Å². The summed E-state index contributed by atoms with van der Waals surface area (Å²) in [5.41, 5.74) is 1.48. The second kappa shape index (κ2) is 8.63. The van der Waals surface area contributed by atoms with Crippen molar-refractivity contribution in [2.75, 3.05) is 10.6 Å². The molecule has 33 heavy (non-hydrogen) atoms. The smallest absolute Gasteiger partial charge is 0.324 e. The number of fused-ring (bicyclic) bond motifs is 1. The van der Waals surface area contributed by atoms with E-state index in [1.165, 1.54) is 12.1 Å². The lowest BCUT2D eigenvalue weighted by molar-refractivity contribution is 0.262. The number of halogens is 2. The molecule has 0 saturated heterocycles. The number of nitrogens with one attached hydrogen (secondary N) is 2. The summed E-state index contributed by atoms with van der Waals surface area (Å²) >= 11 is 0. The second-order valence-corrected chi connectivity index (χ2v) is 8.74. The highest BCUT2D eigenvalue weighted by molar-refractivity contribution is 5.99. The predicted octanol–water partition coefficient (Wildman–Crippen LogP) is 5.74. The van der Waals surface area contributed by atoms with Gasteiger partial charge in [0.25, 0.3) is 0 Å². The summed E-state index contributed by atoms with van der Waals surface area (Å²) in [5, 5.41) is 21.4. The van der Waals surface area contributed by atoms with Crippen LogP contribution in [0.1, 0.15) is 32.0 Å². The first kappa shape index (κ1) is 22.4. The third-order valence-corrected chi connectivity index (χ3v) is 5.27. The molecule has 3 aromatic carbocycles. The van der Waals surface area contributed by atoms with Crippen LogP contribution in [0.4, 0.5) is 25.1 Å². The molecule has 0 radical (unpaired) electrons. The van der Waals surface area contributed by atoms with Crippen molar-refractivity contribution in [3.63, 3.8) is 0 Å². The van der Waals surface area contributed by atoms with Crippen molar-refractivity contribution >= 4 is 28.3 Å². The minimum absolute atomic E-state index is 0.163. The first-order valence-corrected chi connectivity index (χ1v) is 10.4. The van der Waals surface area contributed by atoms with Crippen molar-refractivity contribution in [2.24, 2.45) is 0 Å². The Bertz CT molecular complexity index is 1340. The van der Waals surface area contributed by atoms with Gasteiger partial charge >= 0.3 is 6.03 Å². The molecule has 1 aromatic heterocycles. The van der Waals surface area contributed by atoms with Crippen LogP contribution in [0.3, 0.4) is 0 Å². The Morgan fingerprint density at radius 2 is 1.79 bits per heavy atom. The lowest BCUT2D eigenvalue weighted by Gasteiger charge is -2.14. The zero-order valence-electron chi connectivity index (χ0n) is 18.5. The third kappa shape index (κ3) is 4.56. The van der Waals surface area contributed by atoms with Crippen molar-refractivity contribution < 1.29 is 18.7 Å². The Kier molecular flexibility index (Phi) is 5.86. The van der Waals surface area contributed by atoms with Crippen LogP contribution in [0.2, 0.25) is 0 Å². The number of carbonyl (C=O) groups is 1.